The minimum absolute atomic E-state index is 0.193. The van der Waals surface area contributed by atoms with Crippen LogP contribution in [0.3, 0.4) is 0 Å². The molecule has 17 heavy (non-hydrogen) atoms. The lowest BCUT2D eigenvalue weighted by Gasteiger charge is -2.30. The SMILES string of the molecule is Cc1ccc2c(c1)OCC21CCC(=O)NC1=O. The molecule has 0 aromatic heterocycles. The van der Waals surface area contributed by atoms with Crippen LogP contribution in [0.25, 0.3) is 0 Å². The van der Waals surface area contributed by atoms with Crippen molar-refractivity contribution >= 4 is 11.8 Å². The maximum Gasteiger partial charge on any atom is 0.240 e. The highest BCUT2D eigenvalue weighted by molar-refractivity contribution is 6.04. The number of carbonyl (C=O) groups excluding carboxylic acids is 2. The third-order valence-corrected chi connectivity index (χ3v) is 3.59. The number of hydrogen-bond donors (Lipinski definition) is 1. The molecule has 1 aromatic carbocycles. The predicted molar refractivity (Wildman–Crippen MR) is 60.7 cm³/mol. The van der Waals surface area contributed by atoms with E-state index in [0.29, 0.717) is 19.4 Å². The summed E-state index contributed by atoms with van der Waals surface area (Å²) in [6.45, 7) is 2.32. The molecule has 0 aliphatic carbocycles. The Morgan fingerprint density at radius 1 is 1.35 bits per heavy atom. The van der Waals surface area contributed by atoms with E-state index < -0.39 is 5.41 Å². The number of rotatable bonds is 0. The summed E-state index contributed by atoms with van der Waals surface area (Å²) in [7, 11) is 0. The predicted octanol–water partition coefficient (Wildman–Crippen LogP) is 1.06. The molecule has 1 saturated heterocycles. The lowest BCUT2D eigenvalue weighted by Crippen LogP contribution is -2.52. The van der Waals surface area contributed by atoms with Gasteiger partial charge in [-0.05, 0) is 25.0 Å². The molecule has 1 spiro atoms. The highest BCUT2D eigenvalue weighted by atomic mass is 16.5. The van der Waals surface area contributed by atoms with Gasteiger partial charge in [-0.1, -0.05) is 12.1 Å². The van der Waals surface area contributed by atoms with Crippen molar-refractivity contribution in [2.75, 3.05) is 6.61 Å². The van der Waals surface area contributed by atoms with Gasteiger partial charge in [-0.3, -0.25) is 14.9 Å². The van der Waals surface area contributed by atoms with E-state index in [4.69, 9.17) is 4.74 Å². The molecule has 1 N–H and O–H groups in total. The standard InChI is InChI=1S/C13H13NO3/c1-8-2-3-9-10(6-8)17-7-13(9)5-4-11(15)14-12(13)16/h2-3,6H,4-5,7H2,1H3,(H,14,15,16). The third kappa shape index (κ3) is 1.37. The normalized spacial score (nSPS) is 26.6. The number of fused-ring (bicyclic) bond motifs is 2. The third-order valence-electron chi connectivity index (χ3n) is 3.59. The number of amides is 2. The Morgan fingerprint density at radius 2 is 2.18 bits per heavy atom. The Bertz CT molecular complexity index is 523. The maximum atomic E-state index is 12.1. The largest absolute Gasteiger partial charge is 0.492 e. The first-order chi connectivity index (χ1) is 8.12. The highest BCUT2D eigenvalue weighted by Gasteiger charge is 2.49. The van der Waals surface area contributed by atoms with E-state index in [1.807, 2.05) is 25.1 Å². The van der Waals surface area contributed by atoms with E-state index >= 15 is 0 Å². The zero-order valence-electron chi connectivity index (χ0n) is 9.58. The lowest BCUT2D eigenvalue weighted by molar-refractivity contribution is -0.138. The molecule has 0 radical (unpaired) electrons. The molecule has 1 aromatic rings. The van der Waals surface area contributed by atoms with E-state index in [-0.39, 0.29) is 11.8 Å². The van der Waals surface area contributed by atoms with E-state index in [9.17, 15) is 9.59 Å². The first kappa shape index (κ1) is 10.3. The van der Waals surface area contributed by atoms with Crippen molar-refractivity contribution in [1.29, 1.82) is 0 Å². The van der Waals surface area contributed by atoms with Crippen LogP contribution < -0.4 is 10.1 Å². The molecule has 2 heterocycles. The van der Waals surface area contributed by atoms with Crippen LogP contribution in [-0.4, -0.2) is 18.4 Å². The Labute approximate surface area is 99.0 Å². The van der Waals surface area contributed by atoms with Gasteiger partial charge in [-0.25, -0.2) is 0 Å². The summed E-state index contributed by atoms with van der Waals surface area (Å²) in [5, 5.41) is 2.41. The average Bonchev–Trinajstić information content (AvgIpc) is 2.64. The van der Waals surface area contributed by atoms with Gasteiger partial charge >= 0.3 is 0 Å². The molecule has 88 valence electrons. The zero-order valence-corrected chi connectivity index (χ0v) is 9.58. The first-order valence-electron chi connectivity index (χ1n) is 5.70. The Hall–Kier alpha value is -1.84. The van der Waals surface area contributed by atoms with E-state index in [0.717, 1.165) is 16.9 Å². The second kappa shape index (κ2) is 3.32. The van der Waals surface area contributed by atoms with Crippen LogP contribution in [0.2, 0.25) is 0 Å². The molecule has 1 fully saturated rings. The minimum atomic E-state index is -0.656. The van der Waals surface area contributed by atoms with E-state index in [2.05, 4.69) is 5.32 Å². The van der Waals surface area contributed by atoms with Crippen molar-refractivity contribution in [3.63, 3.8) is 0 Å². The van der Waals surface area contributed by atoms with Gasteiger partial charge in [0.25, 0.3) is 0 Å². The number of piperidine rings is 1. The van der Waals surface area contributed by atoms with Crippen molar-refractivity contribution in [3.05, 3.63) is 29.3 Å². The monoisotopic (exact) mass is 231 g/mol. The lowest BCUT2D eigenvalue weighted by atomic mass is 9.75. The second-order valence-corrected chi connectivity index (χ2v) is 4.75. The number of nitrogens with one attached hydrogen (secondary N) is 1. The molecule has 0 bridgehead atoms. The molecule has 2 aliphatic heterocycles. The smallest absolute Gasteiger partial charge is 0.240 e. The summed E-state index contributed by atoms with van der Waals surface area (Å²) in [5.41, 5.74) is 1.36. The van der Waals surface area contributed by atoms with Gasteiger partial charge in [0.2, 0.25) is 11.8 Å². The molecule has 4 heteroatoms. The molecule has 1 atom stereocenters. The minimum Gasteiger partial charge on any atom is -0.492 e. The molecule has 0 saturated carbocycles. The second-order valence-electron chi connectivity index (χ2n) is 4.75. The van der Waals surface area contributed by atoms with Gasteiger partial charge in [0.15, 0.2) is 0 Å². The summed E-state index contributed by atoms with van der Waals surface area (Å²) in [5.74, 6) is 0.354. The quantitative estimate of drug-likeness (QED) is 0.679. The number of hydrogen-bond acceptors (Lipinski definition) is 3. The molecule has 1 unspecified atom stereocenters. The summed E-state index contributed by atoms with van der Waals surface area (Å²) < 4.78 is 5.61. The van der Waals surface area contributed by atoms with Crippen molar-refractivity contribution < 1.29 is 14.3 Å². The van der Waals surface area contributed by atoms with Crippen LogP contribution in [0.15, 0.2) is 18.2 Å². The number of imide groups is 1. The van der Waals surface area contributed by atoms with Gasteiger partial charge in [0.1, 0.15) is 17.8 Å². The maximum absolute atomic E-state index is 12.1. The van der Waals surface area contributed by atoms with Crippen LogP contribution in [-0.2, 0) is 15.0 Å². The van der Waals surface area contributed by atoms with Gasteiger partial charge in [-0.2, -0.15) is 0 Å². The van der Waals surface area contributed by atoms with Crippen LogP contribution >= 0.6 is 0 Å². The molecule has 2 aliphatic rings. The number of benzene rings is 1. The highest BCUT2D eigenvalue weighted by Crippen LogP contribution is 2.43. The van der Waals surface area contributed by atoms with Gasteiger partial charge in [0, 0.05) is 12.0 Å². The summed E-state index contributed by atoms with van der Waals surface area (Å²) in [4.78, 5) is 23.3. The molecule has 3 rings (SSSR count). The zero-order chi connectivity index (χ0) is 12.0. The number of carbonyl (C=O) groups is 2. The fourth-order valence-corrected chi connectivity index (χ4v) is 2.57. The van der Waals surface area contributed by atoms with Crippen molar-refractivity contribution in [2.24, 2.45) is 0 Å². The van der Waals surface area contributed by atoms with Crippen LogP contribution in [0, 0.1) is 6.92 Å². The Morgan fingerprint density at radius 3 is 2.94 bits per heavy atom. The fraction of sp³-hybridized carbons (Fsp3) is 0.385. The molecule has 2 amide bonds. The van der Waals surface area contributed by atoms with Crippen molar-refractivity contribution in [1.82, 2.24) is 5.32 Å². The van der Waals surface area contributed by atoms with Crippen molar-refractivity contribution in [3.8, 4) is 5.75 Å². The van der Waals surface area contributed by atoms with Gasteiger partial charge in [0.05, 0.1) is 0 Å². The van der Waals surface area contributed by atoms with Crippen molar-refractivity contribution in [2.45, 2.75) is 25.2 Å². The summed E-state index contributed by atoms with van der Waals surface area (Å²) >= 11 is 0. The molecular weight excluding hydrogens is 218 g/mol. The Kier molecular flexibility index (Phi) is 2.02. The molecular formula is C13H13NO3. The van der Waals surface area contributed by atoms with E-state index in [1.165, 1.54) is 0 Å². The van der Waals surface area contributed by atoms with Gasteiger partial charge in [-0.15, -0.1) is 0 Å². The molecule has 4 nitrogen and oxygen atoms in total. The van der Waals surface area contributed by atoms with Crippen LogP contribution in [0.1, 0.15) is 24.0 Å². The van der Waals surface area contributed by atoms with Crippen LogP contribution in [0.5, 0.6) is 5.75 Å². The topological polar surface area (TPSA) is 55.4 Å². The average molecular weight is 231 g/mol. The number of ether oxygens (including phenoxy) is 1. The first-order valence-corrected chi connectivity index (χ1v) is 5.70. The summed E-state index contributed by atoms with van der Waals surface area (Å²) in [6.07, 6.45) is 0.913. The Balaban J connectivity index is 2.07. The van der Waals surface area contributed by atoms with E-state index in [1.54, 1.807) is 0 Å². The fourth-order valence-electron chi connectivity index (χ4n) is 2.57. The van der Waals surface area contributed by atoms with Crippen LogP contribution in [0.4, 0.5) is 0 Å². The summed E-state index contributed by atoms with van der Waals surface area (Å²) in [6, 6.07) is 5.85. The number of aryl methyl sites for hydroxylation is 1. The van der Waals surface area contributed by atoms with Gasteiger partial charge < -0.3 is 4.74 Å².